The predicted octanol–water partition coefficient (Wildman–Crippen LogP) is 5.02. The van der Waals surface area contributed by atoms with Gasteiger partial charge in [0.1, 0.15) is 0 Å². The van der Waals surface area contributed by atoms with Gasteiger partial charge < -0.3 is 10.3 Å². The number of carbonyl (C=O) groups is 1. The van der Waals surface area contributed by atoms with Gasteiger partial charge in [0, 0.05) is 10.5 Å². The van der Waals surface area contributed by atoms with Crippen LogP contribution in [0.1, 0.15) is 10.4 Å². The molecule has 0 spiro atoms. The second-order valence-corrected chi connectivity index (χ2v) is 7.56. The fraction of sp³-hybridized carbons (Fsp3) is 0.0455. The summed E-state index contributed by atoms with van der Waals surface area (Å²) in [6.07, 6.45) is 1.96. The number of para-hydroxylation sites is 2. The Morgan fingerprint density at radius 3 is 2.52 bits per heavy atom. The minimum Gasteiger partial charge on any atom is -0.331 e. The van der Waals surface area contributed by atoms with E-state index in [1.54, 1.807) is 30.0 Å². The van der Waals surface area contributed by atoms with Crippen LogP contribution in [0.2, 0.25) is 0 Å². The number of nitrogens with zero attached hydrogens (tertiary/aromatic N) is 1. The number of carbonyl (C=O) groups excluding carboxylic acids is 1. The molecule has 0 aliphatic carbocycles. The number of H-pyrrole nitrogens is 1. The summed E-state index contributed by atoms with van der Waals surface area (Å²) in [5.41, 5.74) is 2.18. The lowest BCUT2D eigenvalue weighted by atomic mass is 10.1. The molecule has 0 unspecified atom stereocenters. The SMILES string of the molecule is CSc1ccccc1NC(=O)c1ccc2c(=O)n(-c3ccccc3)c(=S)[nH]c2c1. The lowest BCUT2D eigenvalue weighted by molar-refractivity contribution is 0.102. The molecule has 1 amide bonds. The first-order valence-electron chi connectivity index (χ1n) is 8.87. The molecule has 0 bridgehead atoms. The van der Waals surface area contributed by atoms with Crippen molar-refractivity contribution >= 4 is 46.5 Å². The summed E-state index contributed by atoms with van der Waals surface area (Å²) in [5.74, 6) is -0.250. The molecule has 0 fully saturated rings. The Morgan fingerprint density at radius 1 is 1.03 bits per heavy atom. The van der Waals surface area contributed by atoms with Crippen LogP contribution >= 0.6 is 24.0 Å². The number of rotatable bonds is 4. The molecule has 1 aromatic heterocycles. The standard InChI is InChI=1S/C22H17N3O2S2/c1-29-19-10-6-5-9-17(19)23-20(26)14-11-12-16-18(13-14)24-22(28)25(21(16)27)15-7-3-2-4-8-15/h2-13H,1H3,(H,23,26)(H,24,28). The smallest absolute Gasteiger partial charge is 0.266 e. The van der Waals surface area contributed by atoms with Crippen LogP contribution in [0.25, 0.3) is 16.6 Å². The molecule has 0 aliphatic heterocycles. The van der Waals surface area contributed by atoms with Crippen LogP contribution in [0.15, 0.2) is 82.5 Å². The van der Waals surface area contributed by atoms with Gasteiger partial charge in [-0.3, -0.25) is 14.2 Å². The highest BCUT2D eigenvalue weighted by Gasteiger charge is 2.12. The third-order valence-corrected chi connectivity index (χ3v) is 5.61. The van der Waals surface area contributed by atoms with Gasteiger partial charge in [-0.1, -0.05) is 30.3 Å². The van der Waals surface area contributed by atoms with E-state index < -0.39 is 0 Å². The van der Waals surface area contributed by atoms with E-state index in [4.69, 9.17) is 12.2 Å². The van der Waals surface area contributed by atoms with Gasteiger partial charge in [0.15, 0.2) is 4.77 Å². The van der Waals surface area contributed by atoms with Crippen LogP contribution in [0.5, 0.6) is 0 Å². The number of fused-ring (bicyclic) bond motifs is 1. The van der Waals surface area contributed by atoms with Gasteiger partial charge in [0.2, 0.25) is 0 Å². The van der Waals surface area contributed by atoms with E-state index in [1.165, 1.54) is 4.57 Å². The van der Waals surface area contributed by atoms with Crippen LogP contribution in [-0.2, 0) is 0 Å². The summed E-state index contributed by atoms with van der Waals surface area (Å²) in [6, 6.07) is 21.8. The summed E-state index contributed by atoms with van der Waals surface area (Å²) >= 11 is 6.96. The van der Waals surface area contributed by atoms with E-state index in [0.717, 1.165) is 10.6 Å². The molecule has 0 atom stereocenters. The molecule has 1 heterocycles. The van der Waals surface area contributed by atoms with Gasteiger partial charge in [-0.15, -0.1) is 11.8 Å². The normalized spacial score (nSPS) is 10.8. The average Bonchev–Trinajstić information content (AvgIpc) is 2.74. The highest BCUT2D eigenvalue weighted by atomic mass is 32.2. The van der Waals surface area contributed by atoms with Gasteiger partial charge >= 0.3 is 0 Å². The molecule has 7 heteroatoms. The number of hydrogen-bond donors (Lipinski definition) is 2. The topological polar surface area (TPSA) is 66.9 Å². The molecule has 144 valence electrons. The molecule has 0 aliphatic rings. The number of anilines is 1. The van der Waals surface area contributed by atoms with Gasteiger partial charge in [-0.25, -0.2) is 0 Å². The van der Waals surface area contributed by atoms with Crippen molar-refractivity contribution in [3.63, 3.8) is 0 Å². The predicted molar refractivity (Wildman–Crippen MR) is 121 cm³/mol. The number of aromatic nitrogens is 2. The quantitative estimate of drug-likeness (QED) is 0.360. The lowest BCUT2D eigenvalue weighted by Crippen LogP contribution is -2.21. The second-order valence-electron chi connectivity index (χ2n) is 6.32. The summed E-state index contributed by atoms with van der Waals surface area (Å²) < 4.78 is 1.73. The van der Waals surface area contributed by atoms with Crippen LogP contribution in [0.4, 0.5) is 5.69 Å². The Morgan fingerprint density at radius 2 is 1.76 bits per heavy atom. The Labute approximate surface area is 176 Å². The maximum atomic E-state index is 13.0. The van der Waals surface area contributed by atoms with E-state index in [-0.39, 0.29) is 16.2 Å². The third-order valence-electron chi connectivity index (χ3n) is 4.53. The summed E-state index contributed by atoms with van der Waals surface area (Å²) in [6.45, 7) is 0. The number of aromatic amines is 1. The largest absolute Gasteiger partial charge is 0.331 e. The first kappa shape index (κ1) is 19.2. The van der Waals surface area contributed by atoms with Crippen molar-refractivity contribution in [2.24, 2.45) is 0 Å². The fourth-order valence-electron chi connectivity index (χ4n) is 3.11. The molecular formula is C22H17N3O2S2. The zero-order valence-corrected chi connectivity index (χ0v) is 17.1. The Bertz CT molecular complexity index is 1330. The number of hydrogen-bond acceptors (Lipinski definition) is 4. The number of amides is 1. The molecular weight excluding hydrogens is 402 g/mol. The number of benzene rings is 3. The first-order chi connectivity index (χ1) is 14.1. The van der Waals surface area contributed by atoms with Crippen molar-refractivity contribution in [1.82, 2.24) is 9.55 Å². The van der Waals surface area contributed by atoms with Gasteiger partial charge in [0.25, 0.3) is 11.5 Å². The summed E-state index contributed by atoms with van der Waals surface area (Å²) in [5, 5.41) is 3.39. The molecule has 0 saturated heterocycles. The zero-order chi connectivity index (χ0) is 20.4. The maximum absolute atomic E-state index is 13.0. The van der Waals surface area contributed by atoms with Crippen LogP contribution < -0.4 is 10.9 Å². The highest BCUT2D eigenvalue weighted by Crippen LogP contribution is 2.25. The minimum absolute atomic E-state index is 0.227. The van der Waals surface area contributed by atoms with Crippen molar-refractivity contribution < 1.29 is 4.79 Å². The first-order valence-corrected chi connectivity index (χ1v) is 10.5. The van der Waals surface area contributed by atoms with E-state index >= 15 is 0 Å². The van der Waals surface area contributed by atoms with E-state index in [1.807, 2.05) is 60.9 Å². The molecule has 4 rings (SSSR count). The molecule has 2 N–H and O–H groups in total. The van der Waals surface area contributed by atoms with Gasteiger partial charge in [-0.05, 0) is 60.9 Å². The Hall–Kier alpha value is -3.16. The third kappa shape index (κ3) is 3.74. The van der Waals surface area contributed by atoms with Crippen molar-refractivity contribution in [2.75, 3.05) is 11.6 Å². The average molecular weight is 420 g/mol. The highest BCUT2D eigenvalue weighted by molar-refractivity contribution is 7.98. The number of nitrogens with one attached hydrogen (secondary N) is 2. The summed E-state index contributed by atoms with van der Waals surface area (Å²) in [4.78, 5) is 29.8. The molecule has 0 radical (unpaired) electrons. The van der Waals surface area contributed by atoms with Gasteiger partial charge in [-0.2, -0.15) is 0 Å². The van der Waals surface area contributed by atoms with Crippen molar-refractivity contribution in [2.45, 2.75) is 4.90 Å². The van der Waals surface area contributed by atoms with E-state index in [2.05, 4.69) is 10.3 Å². The van der Waals surface area contributed by atoms with Crippen LogP contribution in [0.3, 0.4) is 0 Å². The van der Waals surface area contributed by atoms with Crippen LogP contribution in [-0.4, -0.2) is 21.7 Å². The minimum atomic E-state index is -0.250. The van der Waals surface area contributed by atoms with Crippen molar-refractivity contribution in [1.29, 1.82) is 0 Å². The van der Waals surface area contributed by atoms with Crippen molar-refractivity contribution in [3.05, 3.63) is 93.5 Å². The molecule has 5 nitrogen and oxygen atoms in total. The van der Waals surface area contributed by atoms with E-state index in [9.17, 15) is 9.59 Å². The number of thioether (sulfide) groups is 1. The molecule has 29 heavy (non-hydrogen) atoms. The lowest BCUT2D eigenvalue weighted by Gasteiger charge is -2.11. The second kappa shape index (κ2) is 8.06. The van der Waals surface area contributed by atoms with Crippen LogP contribution in [0, 0.1) is 4.77 Å². The van der Waals surface area contributed by atoms with E-state index in [0.29, 0.717) is 22.2 Å². The molecule has 4 aromatic rings. The molecule has 0 saturated carbocycles. The Balaban J connectivity index is 1.75. The maximum Gasteiger partial charge on any atom is 0.266 e. The zero-order valence-electron chi connectivity index (χ0n) is 15.5. The monoisotopic (exact) mass is 419 g/mol. The van der Waals surface area contributed by atoms with Gasteiger partial charge in [0.05, 0.1) is 22.3 Å². The Kier molecular flexibility index (Phi) is 5.33. The van der Waals surface area contributed by atoms with Crippen molar-refractivity contribution in [3.8, 4) is 5.69 Å². The fourth-order valence-corrected chi connectivity index (χ4v) is 3.97. The molecule has 3 aromatic carbocycles. The summed E-state index contributed by atoms with van der Waals surface area (Å²) in [7, 11) is 0.